The van der Waals surface area contributed by atoms with Crippen molar-refractivity contribution >= 4 is 23.2 Å². The van der Waals surface area contributed by atoms with Gasteiger partial charge >= 0.3 is 0 Å². The molecule has 2 aliphatic heterocycles. The summed E-state index contributed by atoms with van der Waals surface area (Å²) in [5.74, 6) is -0.322. The molecule has 1 fully saturated rings. The number of rotatable bonds is 3. The van der Waals surface area contributed by atoms with E-state index in [0.717, 1.165) is 30.5 Å². The van der Waals surface area contributed by atoms with E-state index < -0.39 is 0 Å². The van der Waals surface area contributed by atoms with E-state index in [0.29, 0.717) is 18.8 Å². The van der Waals surface area contributed by atoms with Crippen molar-refractivity contribution < 1.29 is 14.3 Å². The maximum absolute atomic E-state index is 12.7. The summed E-state index contributed by atoms with van der Waals surface area (Å²) in [7, 11) is 0. The predicted molar refractivity (Wildman–Crippen MR) is 91.5 cm³/mol. The Morgan fingerprint density at radius 3 is 2.96 bits per heavy atom. The Balaban J connectivity index is 1.54. The van der Waals surface area contributed by atoms with Gasteiger partial charge < -0.3 is 15.0 Å². The Hall–Kier alpha value is -2.80. The number of fused-ring (bicyclic) bond motifs is 1. The van der Waals surface area contributed by atoms with Crippen LogP contribution < -0.4 is 10.2 Å². The molecule has 1 atom stereocenters. The Labute approximate surface area is 145 Å². The van der Waals surface area contributed by atoms with Crippen LogP contribution >= 0.6 is 0 Å². The number of ether oxygens (including phenoxy) is 1. The first-order chi connectivity index (χ1) is 12.2. The molecule has 4 rings (SSSR count). The van der Waals surface area contributed by atoms with Crippen LogP contribution in [0.5, 0.6) is 0 Å². The number of hydrogen-bond donors (Lipinski definition) is 1. The molecule has 2 aromatic rings. The Morgan fingerprint density at radius 1 is 1.28 bits per heavy atom. The predicted octanol–water partition coefficient (Wildman–Crippen LogP) is 1.80. The first kappa shape index (κ1) is 15.7. The van der Waals surface area contributed by atoms with Crippen molar-refractivity contribution in [2.45, 2.75) is 25.4 Å². The van der Waals surface area contributed by atoms with Gasteiger partial charge in [0.15, 0.2) is 0 Å². The zero-order chi connectivity index (χ0) is 17.2. The standard InChI is InChI=1S/C18H18N4O3/c23-17(14-11-19-6-7-20-14)21-13-4-3-12-5-8-22(15(12)10-13)18(24)16-2-1-9-25-16/h3-4,6-7,10-11,16H,1-2,5,8-9H2,(H,21,23). The molecule has 0 saturated carbocycles. The second-order valence-electron chi connectivity index (χ2n) is 6.13. The highest BCUT2D eigenvalue weighted by Gasteiger charge is 2.32. The van der Waals surface area contributed by atoms with Gasteiger partial charge in [0.25, 0.3) is 11.8 Å². The first-order valence-electron chi connectivity index (χ1n) is 8.35. The van der Waals surface area contributed by atoms with E-state index in [1.165, 1.54) is 18.6 Å². The molecule has 1 saturated heterocycles. The highest BCUT2D eigenvalue weighted by atomic mass is 16.5. The summed E-state index contributed by atoms with van der Waals surface area (Å²) in [4.78, 5) is 34.5. The lowest BCUT2D eigenvalue weighted by atomic mass is 10.1. The lowest BCUT2D eigenvalue weighted by molar-refractivity contribution is -0.127. The minimum Gasteiger partial charge on any atom is -0.368 e. The average Bonchev–Trinajstić information content (AvgIpc) is 3.31. The summed E-state index contributed by atoms with van der Waals surface area (Å²) in [6.45, 7) is 1.29. The van der Waals surface area contributed by atoms with Crippen molar-refractivity contribution in [3.63, 3.8) is 0 Å². The van der Waals surface area contributed by atoms with E-state index in [-0.39, 0.29) is 23.6 Å². The molecule has 0 bridgehead atoms. The normalized spacial score (nSPS) is 18.9. The van der Waals surface area contributed by atoms with Crippen molar-refractivity contribution in [2.75, 3.05) is 23.4 Å². The first-order valence-corrected chi connectivity index (χ1v) is 8.35. The van der Waals surface area contributed by atoms with Crippen molar-refractivity contribution in [3.05, 3.63) is 48.0 Å². The van der Waals surface area contributed by atoms with Crippen LogP contribution in [0.3, 0.4) is 0 Å². The zero-order valence-corrected chi connectivity index (χ0v) is 13.6. The van der Waals surface area contributed by atoms with Gasteiger partial charge in [-0.3, -0.25) is 14.6 Å². The molecule has 7 heteroatoms. The highest BCUT2D eigenvalue weighted by Crippen LogP contribution is 2.32. The van der Waals surface area contributed by atoms with Gasteiger partial charge in [-0.25, -0.2) is 4.98 Å². The molecule has 1 aromatic carbocycles. The van der Waals surface area contributed by atoms with Gasteiger partial charge in [-0.2, -0.15) is 0 Å². The smallest absolute Gasteiger partial charge is 0.275 e. The number of carbonyl (C=O) groups is 2. The van der Waals surface area contributed by atoms with Crippen molar-refractivity contribution in [1.82, 2.24) is 9.97 Å². The molecule has 1 N–H and O–H groups in total. The van der Waals surface area contributed by atoms with Gasteiger partial charge in [-0.05, 0) is 37.0 Å². The molecule has 3 heterocycles. The van der Waals surface area contributed by atoms with Gasteiger partial charge in [-0.15, -0.1) is 0 Å². The van der Waals surface area contributed by atoms with Crippen molar-refractivity contribution in [3.8, 4) is 0 Å². The van der Waals surface area contributed by atoms with Crippen molar-refractivity contribution in [2.24, 2.45) is 0 Å². The molecule has 25 heavy (non-hydrogen) atoms. The van der Waals surface area contributed by atoms with Crippen LogP contribution in [-0.2, 0) is 16.0 Å². The fourth-order valence-corrected chi connectivity index (χ4v) is 3.24. The maximum atomic E-state index is 12.7. The fraction of sp³-hybridized carbons (Fsp3) is 0.333. The van der Waals surface area contributed by atoms with Crippen LogP contribution in [0.4, 0.5) is 11.4 Å². The van der Waals surface area contributed by atoms with E-state index in [2.05, 4.69) is 15.3 Å². The van der Waals surface area contributed by atoms with E-state index in [4.69, 9.17) is 4.74 Å². The summed E-state index contributed by atoms with van der Waals surface area (Å²) < 4.78 is 5.52. The molecule has 1 unspecified atom stereocenters. The Bertz CT molecular complexity index is 803. The Kier molecular flexibility index (Phi) is 4.15. The molecule has 0 spiro atoms. The molecular weight excluding hydrogens is 320 g/mol. The number of nitrogens with zero attached hydrogens (tertiary/aromatic N) is 3. The van der Waals surface area contributed by atoms with Gasteiger partial charge in [0, 0.05) is 36.9 Å². The monoisotopic (exact) mass is 338 g/mol. The van der Waals surface area contributed by atoms with Crippen molar-refractivity contribution in [1.29, 1.82) is 0 Å². The van der Waals surface area contributed by atoms with Crippen LogP contribution in [0.15, 0.2) is 36.8 Å². The topological polar surface area (TPSA) is 84.4 Å². The average molecular weight is 338 g/mol. The SMILES string of the molecule is O=C(Nc1ccc2c(c1)N(C(=O)C1CCCO1)CC2)c1cnccn1. The third-order valence-electron chi connectivity index (χ3n) is 4.51. The lowest BCUT2D eigenvalue weighted by Crippen LogP contribution is -2.37. The maximum Gasteiger partial charge on any atom is 0.275 e. The number of amides is 2. The highest BCUT2D eigenvalue weighted by molar-refractivity contribution is 6.04. The van der Waals surface area contributed by atoms with E-state index in [1.54, 1.807) is 4.90 Å². The number of carbonyl (C=O) groups excluding carboxylic acids is 2. The van der Waals surface area contributed by atoms with Gasteiger partial charge in [0.05, 0.1) is 6.20 Å². The van der Waals surface area contributed by atoms with Gasteiger partial charge in [-0.1, -0.05) is 6.07 Å². The lowest BCUT2D eigenvalue weighted by Gasteiger charge is -2.21. The molecule has 0 radical (unpaired) electrons. The molecule has 128 valence electrons. The Morgan fingerprint density at radius 2 is 2.20 bits per heavy atom. The van der Waals surface area contributed by atoms with Crippen LogP contribution in [0.1, 0.15) is 28.9 Å². The second kappa shape index (κ2) is 6.60. The summed E-state index contributed by atoms with van der Waals surface area (Å²) in [6, 6.07) is 5.63. The summed E-state index contributed by atoms with van der Waals surface area (Å²) >= 11 is 0. The summed E-state index contributed by atoms with van der Waals surface area (Å²) in [5.41, 5.74) is 2.82. The molecular formula is C18H18N4O3. The van der Waals surface area contributed by atoms with Crippen LogP contribution in [0.25, 0.3) is 0 Å². The molecule has 2 amide bonds. The van der Waals surface area contributed by atoms with Crippen LogP contribution in [0.2, 0.25) is 0 Å². The number of anilines is 2. The third-order valence-corrected chi connectivity index (χ3v) is 4.51. The molecule has 1 aromatic heterocycles. The number of benzene rings is 1. The minimum absolute atomic E-state index is 0.00801. The van der Waals surface area contributed by atoms with Gasteiger partial charge in [0.2, 0.25) is 0 Å². The minimum atomic E-state index is -0.344. The fourth-order valence-electron chi connectivity index (χ4n) is 3.24. The third kappa shape index (κ3) is 3.10. The largest absolute Gasteiger partial charge is 0.368 e. The van der Waals surface area contributed by atoms with E-state index in [1.807, 2.05) is 18.2 Å². The number of hydrogen-bond acceptors (Lipinski definition) is 5. The number of aromatic nitrogens is 2. The van der Waals surface area contributed by atoms with Crippen LogP contribution in [0, 0.1) is 0 Å². The second-order valence-corrected chi connectivity index (χ2v) is 6.13. The van der Waals surface area contributed by atoms with Crippen LogP contribution in [-0.4, -0.2) is 41.0 Å². The van der Waals surface area contributed by atoms with E-state index >= 15 is 0 Å². The van der Waals surface area contributed by atoms with Gasteiger partial charge in [0.1, 0.15) is 11.8 Å². The number of nitrogens with one attached hydrogen (secondary N) is 1. The van der Waals surface area contributed by atoms with E-state index in [9.17, 15) is 9.59 Å². The molecule has 7 nitrogen and oxygen atoms in total. The molecule has 2 aliphatic rings. The summed E-state index contributed by atoms with van der Waals surface area (Å²) in [5, 5.41) is 2.81. The summed E-state index contributed by atoms with van der Waals surface area (Å²) in [6.07, 6.45) is 6.56. The zero-order valence-electron chi connectivity index (χ0n) is 13.6. The quantitative estimate of drug-likeness (QED) is 0.922. The molecule has 0 aliphatic carbocycles.